The topological polar surface area (TPSA) is 71.2 Å². The summed E-state index contributed by atoms with van der Waals surface area (Å²) in [5.41, 5.74) is 2.17. The summed E-state index contributed by atoms with van der Waals surface area (Å²) in [4.78, 5) is 25.4. The summed E-state index contributed by atoms with van der Waals surface area (Å²) in [6, 6.07) is 5.61. The summed E-state index contributed by atoms with van der Waals surface area (Å²) in [6.45, 7) is 2.00. The van der Waals surface area contributed by atoms with Crippen LogP contribution in [0, 0.1) is 11.8 Å². The number of amides is 1. The van der Waals surface area contributed by atoms with Gasteiger partial charge in [-0.05, 0) is 18.2 Å². The van der Waals surface area contributed by atoms with Crippen molar-refractivity contribution in [3.05, 3.63) is 35.5 Å². The molecule has 0 spiro atoms. The third-order valence-electron chi connectivity index (χ3n) is 2.94. The third-order valence-corrected chi connectivity index (χ3v) is 2.94. The highest BCUT2D eigenvalue weighted by Crippen LogP contribution is 2.20. The number of nitrogens with one attached hydrogen (secondary N) is 2. The van der Waals surface area contributed by atoms with Gasteiger partial charge in [0, 0.05) is 42.6 Å². The molecule has 0 saturated heterocycles. The molecule has 2 rings (SSSR count). The molecule has 0 aliphatic heterocycles. The van der Waals surface area contributed by atoms with E-state index >= 15 is 0 Å². The fraction of sp³-hybridized carbons (Fsp3) is 0.250. The lowest BCUT2D eigenvalue weighted by atomic mass is 10.1. The number of hydrogen-bond donors (Lipinski definition) is 2. The first kappa shape index (κ1) is 14.7. The number of H-pyrrole nitrogens is 1. The van der Waals surface area contributed by atoms with Gasteiger partial charge in [-0.1, -0.05) is 11.8 Å². The highest BCUT2D eigenvalue weighted by Gasteiger charge is 2.11. The van der Waals surface area contributed by atoms with Gasteiger partial charge in [0.1, 0.15) is 0 Å². The number of fused-ring (bicyclic) bond motifs is 1. The summed E-state index contributed by atoms with van der Waals surface area (Å²) in [7, 11) is 1.35. The molecule has 1 aromatic heterocycles. The highest BCUT2D eigenvalue weighted by atomic mass is 16.5. The van der Waals surface area contributed by atoms with Gasteiger partial charge in [0.2, 0.25) is 5.91 Å². The van der Waals surface area contributed by atoms with Gasteiger partial charge in [0.15, 0.2) is 0 Å². The number of hydrogen-bond acceptors (Lipinski definition) is 3. The van der Waals surface area contributed by atoms with E-state index in [1.165, 1.54) is 14.0 Å². The Bertz CT molecular complexity index is 735. The molecule has 0 aliphatic carbocycles. The minimum atomic E-state index is -0.378. The number of aromatic nitrogens is 1. The van der Waals surface area contributed by atoms with Crippen molar-refractivity contribution in [2.24, 2.45) is 0 Å². The number of carbonyl (C=O) groups excluding carboxylic acids is 2. The molecule has 0 atom stereocenters. The monoisotopic (exact) mass is 284 g/mol. The Hall–Kier alpha value is -2.74. The maximum atomic E-state index is 11.6. The molecule has 0 radical (unpaired) electrons. The van der Waals surface area contributed by atoms with E-state index in [0.717, 1.165) is 16.5 Å². The number of esters is 1. The first-order valence-electron chi connectivity index (χ1n) is 6.54. The van der Waals surface area contributed by atoms with Crippen LogP contribution in [0.4, 0.5) is 0 Å². The summed E-state index contributed by atoms with van der Waals surface area (Å²) in [5, 5.41) is 3.47. The Kier molecular flexibility index (Phi) is 4.62. The molecule has 1 amide bonds. The second-order valence-corrected chi connectivity index (χ2v) is 4.49. The molecule has 5 nitrogen and oxygen atoms in total. The number of rotatable bonds is 3. The van der Waals surface area contributed by atoms with E-state index in [4.69, 9.17) is 4.74 Å². The SMILES string of the molecule is COC(=O)c1c[nH]c2ccc(C#CCCNC(C)=O)cc12. The molecule has 0 aliphatic rings. The summed E-state index contributed by atoms with van der Waals surface area (Å²) in [6.07, 6.45) is 2.21. The van der Waals surface area contributed by atoms with Gasteiger partial charge < -0.3 is 15.0 Å². The van der Waals surface area contributed by atoms with Crippen LogP contribution in [0.25, 0.3) is 10.9 Å². The number of methoxy groups -OCH3 is 1. The molecule has 108 valence electrons. The molecule has 0 unspecified atom stereocenters. The fourth-order valence-electron chi connectivity index (χ4n) is 1.94. The zero-order chi connectivity index (χ0) is 15.2. The van der Waals surface area contributed by atoms with Crippen LogP contribution in [0.3, 0.4) is 0 Å². The Morgan fingerprint density at radius 2 is 2.19 bits per heavy atom. The van der Waals surface area contributed by atoms with E-state index in [9.17, 15) is 9.59 Å². The molecular formula is C16H16N2O3. The summed E-state index contributed by atoms with van der Waals surface area (Å²) in [5.74, 6) is 5.56. The van der Waals surface area contributed by atoms with E-state index in [0.29, 0.717) is 18.5 Å². The Morgan fingerprint density at radius 1 is 1.38 bits per heavy atom. The predicted octanol–water partition coefficient (Wildman–Crippen LogP) is 1.83. The maximum absolute atomic E-state index is 11.6. The van der Waals surface area contributed by atoms with Gasteiger partial charge in [-0.2, -0.15) is 0 Å². The molecule has 2 aromatic rings. The lowest BCUT2D eigenvalue weighted by Crippen LogP contribution is -2.20. The predicted molar refractivity (Wildman–Crippen MR) is 79.8 cm³/mol. The lowest BCUT2D eigenvalue weighted by Gasteiger charge is -1.98. The van der Waals surface area contributed by atoms with Crippen molar-refractivity contribution in [3.63, 3.8) is 0 Å². The molecule has 0 bridgehead atoms. The summed E-state index contributed by atoms with van der Waals surface area (Å²) < 4.78 is 4.74. The molecule has 21 heavy (non-hydrogen) atoms. The molecule has 0 saturated carbocycles. The number of carbonyl (C=O) groups is 2. The van der Waals surface area contributed by atoms with Crippen LogP contribution in [0.5, 0.6) is 0 Å². The molecular weight excluding hydrogens is 268 g/mol. The van der Waals surface area contributed by atoms with Gasteiger partial charge in [-0.25, -0.2) is 4.79 Å². The zero-order valence-electron chi connectivity index (χ0n) is 11.9. The van der Waals surface area contributed by atoms with Crippen LogP contribution in [0.2, 0.25) is 0 Å². The van der Waals surface area contributed by atoms with Crippen molar-refractivity contribution < 1.29 is 14.3 Å². The second kappa shape index (κ2) is 6.62. The fourth-order valence-corrected chi connectivity index (χ4v) is 1.94. The number of benzene rings is 1. The Morgan fingerprint density at radius 3 is 2.90 bits per heavy atom. The van der Waals surface area contributed by atoms with Crippen LogP contribution in [0.15, 0.2) is 24.4 Å². The van der Waals surface area contributed by atoms with Gasteiger partial charge in [-0.15, -0.1) is 0 Å². The van der Waals surface area contributed by atoms with Crippen molar-refractivity contribution >= 4 is 22.8 Å². The maximum Gasteiger partial charge on any atom is 0.340 e. The Balaban J connectivity index is 2.16. The van der Waals surface area contributed by atoms with Crippen molar-refractivity contribution in [3.8, 4) is 11.8 Å². The van der Waals surface area contributed by atoms with Crippen LogP contribution in [-0.2, 0) is 9.53 Å². The quantitative estimate of drug-likeness (QED) is 0.513. The Labute approximate surface area is 122 Å². The van der Waals surface area contributed by atoms with Gasteiger partial charge >= 0.3 is 5.97 Å². The lowest BCUT2D eigenvalue weighted by molar-refractivity contribution is -0.118. The smallest absolute Gasteiger partial charge is 0.340 e. The standard InChI is InChI=1S/C16H16N2O3/c1-11(19)17-8-4-3-5-12-6-7-15-13(9-12)14(10-18-15)16(20)21-2/h6-7,9-10,18H,4,8H2,1-2H3,(H,17,19). The summed E-state index contributed by atoms with van der Waals surface area (Å²) >= 11 is 0. The van der Waals surface area contributed by atoms with E-state index < -0.39 is 0 Å². The minimum Gasteiger partial charge on any atom is -0.465 e. The van der Waals surface area contributed by atoms with Crippen LogP contribution in [0.1, 0.15) is 29.3 Å². The molecule has 5 heteroatoms. The second-order valence-electron chi connectivity index (χ2n) is 4.49. The van der Waals surface area contributed by atoms with Crippen molar-refractivity contribution in [2.45, 2.75) is 13.3 Å². The molecule has 1 aromatic carbocycles. The van der Waals surface area contributed by atoms with Gasteiger partial charge in [0.05, 0.1) is 12.7 Å². The zero-order valence-corrected chi connectivity index (χ0v) is 11.9. The van der Waals surface area contributed by atoms with Crippen LogP contribution >= 0.6 is 0 Å². The third kappa shape index (κ3) is 3.63. The van der Waals surface area contributed by atoms with Crippen LogP contribution < -0.4 is 5.32 Å². The van der Waals surface area contributed by atoms with Gasteiger partial charge in [0.25, 0.3) is 0 Å². The van der Waals surface area contributed by atoms with E-state index in [2.05, 4.69) is 22.1 Å². The van der Waals surface area contributed by atoms with Crippen molar-refractivity contribution in [1.29, 1.82) is 0 Å². The van der Waals surface area contributed by atoms with Crippen molar-refractivity contribution in [2.75, 3.05) is 13.7 Å². The first-order chi connectivity index (χ1) is 10.1. The van der Waals surface area contributed by atoms with Crippen LogP contribution in [-0.4, -0.2) is 30.5 Å². The first-order valence-corrected chi connectivity index (χ1v) is 6.54. The number of ether oxygens (including phenoxy) is 1. The molecule has 0 fully saturated rings. The molecule has 2 N–H and O–H groups in total. The normalized spacial score (nSPS) is 9.81. The van der Waals surface area contributed by atoms with Gasteiger partial charge in [-0.3, -0.25) is 4.79 Å². The number of aromatic amines is 1. The van der Waals surface area contributed by atoms with E-state index in [1.54, 1.807) is 6.20 Å². The van der Waals surface area contributed by atoms with E-state index in [-0.39, 0.29) is 11.9 Å². The molecule has 1 heterocycles. The van der Waals surface area contributed by atoms with Crippen molar-refractivity contribution in [1.82, 2.24) is 10.3 Å². The average molecular weight is 284 g/mol. The highest BCUT2D eigenvalue weighted by molar-refractivity contribution is 6.04. The average Bonchev–Trinajstić information content (AvgIpc) is 2.89. The largest absolute Gasteiger partial charge is 0.465 e. The minimum absolute atomic E-state index is 0.0618. The van der Waals surface area contributed by atoms with E-state index in [1.807, 2.05) is 18.2 Å².